The van der Waals surface area contributed by atoms with E-state index < -0.39 is 27.8 Å². The lowest BCUT2D eigenvalue weighted by molar-refractivity contribution is -0.143. The molecular weight excluding hydrogens is 544 g/mol. The Morgan fingerprint density at radius 1 is 1.00 bits per heavy atom. The minimum absolute atomic E-state index is 0.0135. The van der Waals surface area contributed by atoms with Crippen LogP contribution in [0.2, 0.25) is 0 Å². The van der Waals surface area contributed by atoms with Gasteiger partial charge in [-0.25, -0.2) is 18.1 Å². The zero-order valence-corrected chi connectivity index (χ0v) is 24.3. The predicted molar refractivity (Wildman–Crippen MR) is 159 cm³/mol. The largest absolute Gasteiger partial charge is 0.343 e. The number of piperidine rings is 1. The van der Waals surface area contributed by atoms with Crippen molar-refractivity contribution in [2.45, 2.75) is 37.5 Å². The van der Waals surface area contributed by atoms with Gasteiger partial charge in [-0.05, 0) is 80.7 Å². The van der Waals surface area contributed by atoms with E-state index in [1.54, 1.807) is 17.0 Å². The molecule has 4 aromatic rings. The lowest BCUT2D eigenvalue weighted by Crippen LogP contribution is -2.49. The number of hydrogen-bond acceptors (Lipinski definition) is 7. The highest BCUT2D eigenvalue weighted by molar-refractivity contribution is 7.90. The minimum atomic E-state index is -4.24. The second-order valence-electron chi connectivity index (χ2n) is 10.1. The predicted octanol–water partition coefficient (Wildman–Crippen LogP) is 4.52. The molecule has 1 aliphatic heterocycles. The van der Waals surface area contributed by atoms with Crippen molar-refractivity contribution in [3.63, 3.8) is 0 Å². The van der Waals surface area contributed by atoms with E-state index in [9.17, 15) is 18.0 Å². The number of para-hydroxylation sites is 1. The normalized spacial score (nSPS) is 16.1. The van der Waals surface area contributed by atoms with E-state index in [-0.39, 0.29) is 16.7 Å². The number of nitrogens with zero attached hydrogens (tertiary/aromatic N) is 2. The molecule has 0 aliphatic carbocycles. The summed E-state index contributed by atoms with van der Waals surface area (Å²) in [7, 11) is -4.24. The molecule has 1 aliphatic rings. The van der Waals surface area contributed by atoms with Crippen molar-refractivity contribution in [3.05, 3.63) is 71.7 Å². The summed E-state index contributed by atoms with van der Waals surface area (Å²) in [4.78, 5) is 34.6. The highest BCUT2D eigenvalue weighted by atomic mass is 32.2. The van der Waals surface area contributed by atoms with Crippen molar-refractivity contribution in [1.29, 1.82) is 0 Å². The lowest BCUT2D eigenvalue weighted by Gasteiger charge is -2.35. The molecule has 2 atom stereocenters. The van der Waals surface area contributed by atoms with Crippen LogP contribution in [0.25, 0.3) is 21.0 Å². The van der Waals surface area contributed by atoms with Crippen LogP contribution in [0.15, 0.2) is 71.6 Å². The molecule has 1 saturated heterocycles. The van der Waals surface area contributed by atoms with Gasteiger partial charge in [0.25, 0.3) is 10.0 Å². The number of aromatic nitrogens is 1. The molecule has 3 aromatic carbocycles. The number of sulfonamides is 1. The van der Waals surface area contributed by atoms with Crippen molar-refractivity contribution in [3.8, 4) is 0 Å². The average Bonchev–Trinajstić information content (AvgIpc) is 3.40. The fourth-order valence-corrected chi connectivity index (χ4v) is 7.84. The molecule has 2 amide bonds. The zero-order valence-electron chi connectivity index (χ0n) is 22.7. The fourth-order valence-electron chi connectivity index (χ4n) is 5.60. The number of fused-ring (bicyclic) bond motifs is 2. The maximum Gasteiger partial charge on any atom is 0.264 e. The van der Waals surface area contributed by atoms with Gasteiger partial charge in [-0.1, -0.05) is 42.5 Å². The van der Waals surface area contributed by atoms with Crippen LogP contribution in [0, 0.1) is 11.8 Å². The molecule has 1 fully saturated rings. The van der Waals surface area contributed by atoms with Crippen LogP contribution in [0.4, 0.5) is 0 Å². The summed E-state index contributed by atoms with van der Waals surface area (Å²) < 4.78 is 30.3. The van der Waals surface area contributed by atoms with Crippen LogP contribution in [-0.4, -0.2) is 56.3 Å². The Morgan fingerprint density at radius 2 is 1.68 bits per heavy atom. The van der Waals surface area contributed by atoms with Crippen molar-refractivity contribution in [2.75, 3.05) is 26.2 Å². The molecule has 0 saturated carbocycles. The van der Waals surface area contributed by atoms with Gasteiger partial charge >= 0.3 is 0 Å². The summed E-state index contributed by atoms with van der Waals surface area (Å²) in [5.41, 5.74) is 0.805. The molecule has 2 N–H and O–H groups in total. The first-order valence-electron chi connectivity index (χ1n) is 13.7. The third-order valence-electron chi connectivity index (χ3n) is 7.74. The fraction of sp³-hybridized carbons (Fsp3) is 0.367. The first-order valence-corrected chi connectivity index (χ1v) is 16.0. The number of carbonyl (C=O) groups is 2. The van der Waals surface area contributed by atoms with Crippen LogP contribution >= 0.6 is 11.3 Å². The Labute approximate surface area is 238 Å². The number of carbonyl (C=O) groups excluding carboxylic acids is 2. The van der Waals surface area contributed by atoms with Crippen LogP contribution in [0.1, 0.15) is 37.6 Å². The van der Waals surface area contributed by atoms with E-state index in [1.807, 2.05) is 62.4 Å². The molecular formula is C30H34N4O4S2. The monoisotopic (exact) mass is 578 g/mol. The Bertz CT molecular complexity index is 1590. The van der Waals surface area contributed by atoms with E-state index in [2.05, 4.69) is 10.0 Å². The quantitative estimate of drug-likeness (QED) is 0.283. The molecule has 210 valence electrons. The van der Waals surface area contributed by atoms with Gasteiger partial charge in [-0.15, -0.1) is 11.3 Å². The lowest BCUT2D eigenvalue weighted by atomic mass is 9.76. The third-order valence-corrected chi connectivity index (χ3v) is 10.2. The summed E-state index contributed by atoms with van der Waals surface area (Å²) >= 11 is 1.47. The van der Waals surface area contributed by atoms with Crippen LogP contribution in [0.3, 0.4) is 0 Å². The Balaban J connectivity index is 1.57. The highest BCUT2D eigenvalue weighted by Gasteiger charge is 2.44. The number of benzene rings is 3. The maximum atomic E-state index is 14.1. The Hall–Kier alpha value is -3.34. The third kappa shape index (κ3) is 5.75. The summed E-state index contributed by atoms with van der Waals surface area (Å²) in [5.74, 6) is -2.99. The maximum absolute atomic E-state index is 14.1. The Morgan fingerprint density at radius 3 is 2.38 bits per heavy atom. The first-order chi connectivity index (χ1) is 19.3. The van der Waals surface area contributed by atoms with E-state index >= 15 is 0 Å². The van der Waals surface area contributed by atoms with E-state index in [4.69, 9.17) is 4.98 Å². The molecule has 2 heterocycles. The zero-order chi connectivity index (χ0) is 28.3. The number of nitrogens with one attached hydrogen (secondary N) is 2. The smallest absolute Gasteiger partial charge is 0.264 e. The van der Waals surface area contributed by atoms with Crippen molar-refractivity contribution in [1.82, 2.24) is 19.9 Å². The molecule has 0 spiro atoms. The molecule has 0 radical (unpaired) electrons. The van der Waals surface area contributed by atoms with Crippen molar-refractivity contribution >= 4 is 54.2 Å². The van der Waals surface area contributed by atoms with Crippen molar-refractivity contribution < 1.29 is 18.0 Å². The van der Waals surface area contributed by atoms with Gasteiger partial charge in [0, 0.05) is 19.0 Å². The molecule has 0 bridgehead atoms. The number of hydrogen-bond donors (Lipinski definition) is 2. The molecule has 5 rings (SSSR count). The molecule has 10 heteroatoms. The second-order valence-corrected chi connectivity index (χ2v) is 12.8. The van der Waals surface area contributed by atoms with Gasteiger partial charge < -0.3 is 10.2 Å². The van der Waals surface area contributed by atoms with E-state index in [1.165, 1.54) is 17.4 Å². The topological polar surface area (TPSA) is 108 Å². The molecule has 40 heavy (non-hydrogen) atoms. The van der Waals surface area contributed by atoms with E-state index in [0.29, 0.717) is 18.1 Å². The SMILES string of the molecule is CCN(CC)C(=O)C(C(=O)NS(=O)(=O)c1ccc2ccccc2c1)C(c1nc2ccccc2s1)C1CCNCC1. The van der Waals surface area contributed by atoms with Crippen LogP contribution in [-0.2, 0) is 19.6 Å². The minimum Gasteiger partial charge on any atom is -0.343 e. The molecule has 8 nitrogen and oxygen atoms in total. The van der Waals surface area contributed by atoms with Gasteiger partial charge in [0.1, 0.15) is 5.92 Å². The summed E-state index contributed by atoms with van der Waals surface area (Å²) in [5, 5.41) is 5.69. The van der Waals surface area contributed by atoms with Crippen LogP contribution < -0.4 is 10.0 Å². The van der Waals surface area contributed by atoms with Gasteiger partial charge in [0.15, 0.2) is 0 Å². The summed E-state index contributed by atoms with van der Waals surface area (Å²) in [6.07, 6.45) is 1.51. The van der Waals surface area contributed by atoms with Gasteiger partial charge in [-0.3, -0.25) is 9.59 Å². The number of rotatable bonds is 9. The Kier molecular flexibility index (Phi) is 8.48. The second kappa shape index (κ2) is 12.0. The van der Waals surface area contributed by atoms with E-state index in [0.717, 1.165) is 46.9 Å². The number of amides is 2. The summed E-state index contributed by atoms with van der Waals surface area (Å²) in [6, 6.07) is 19.9. The first kappa shape index (κ1) is 28.2. The molecule has 1 aromatic heterocycles. The molecule has 2 unspecified atom stereocenters. The van der Waals surface area contributed by atoms with Gasteiger partial charge in [0.2, 0.25) is 11.8 Å². The standard InChI is InChI=1S/C30H34N4O4S2/c1-3-34(4-2)30(36)27(28(35)33-40(37,38)23-14-13-20-9-5-6-10-22(20)19-23)26(21-15-17-31-18-16-21)29-32-24-11-7-8-12-25(24)39-29/h5-14,19,21,26-27,31H,3-4,15-18H2,1-2H3,(H,33,35). The average molecular weight is 579 g/mol. The van der Waals surface area contributed by atoms with Crippen molar-refractivity contribution in [2.24, 2.45) is 11.8 Å². The summed E-state index contributed by atoms with van der Waals surface area (Å²) in [6.45, 7) is 6.06. The number of thiazole rings is 1. The highest BCUT2D eigenvalue weighted by Crippen LogP contribution is 2.41. The van der Waals surface area contributed by atoms with Gasteiger partial charge in [-0.2, -0.15) is 0 Å². The van der Waals surface area contributed by atoms with Crippen LogP contribution in [0.5, 0.6) is 0 Å². The van der Waals surface area contributed by atoms with Gasteiger partial charge in [0.05, 0.1) is 20.1 Å².